The SMILES string of the molecule is C.COC(=O)CN=Cc1ccccc1. The second-order valence-corrected chi connectivity index (χ2v) is 2.46. The van der Waals surface area contributed by atoms with Crippen LogP contribution in [-0.4, -0.2) is 25.8 Å². The van der Waals surface area contributed by atoms with Crippen LogP contribution < -0.4 is 0 Å². The lowest BCUT2D eigenvalue weighted by atomic mass is 10.2. The average Bonchev–Trinajstić information content (AvgIpc) is 2.19. The van der Waals surface area contributed by atoms with E-state index >= 15 is 0 Å². The van der Waals surface area contributed by atoms with Gasteiger partial charge in [-0.25, -0.2) is 0 Å². The molecule has 1 rings (SSSR count). The predicted octanol–water partition coefficient (Wildman–Crippen LogP) is 1.91. The van der Waals surface area contributed by atoms with Crippen LogP contribution in [-0.2, 0) is 9.53 Å². The maximum atomic E-state index is 10.7. The van der Waals surface area contributed by atoms with E-state index in [0.29, 0.717) is 0 Å². The van der Waals surface area contributed by atoms with Gasteiger partial charge in [-0.2, -0.15) is 0 Å². The number of benzene rings is 1. The minimum Gasteiger partial charge on any atom is -0.468 e. The van der Waals surface area contributed by atoms with Gasteiger partial charge in [0.05, 0.1) is 7.11 Å². The molecule has 0 saturated carbocycles. The third-order valence-corrected chi connectivity index (χ3v) is 1.49. The van der Waals surface area contributed by atoms with E-state index in [4.69, 9.17) is 0 Å². The Labute approximate surface area is 84.4 Å². The second-order valence-electron chi connectivity index (χ2n) is 2.46. The molecular formula is C11H15NO2. The number of hydrogen-bond acceptors (Lipinski definition) is 3. The molecule has 0 bridgehead atoms. The first-order valence-corrected chi connectivity index (χ1v) is 3.94. The Bertz CT molecular complexity index is 293. The summed E-state index contributed by atoms with van der Waals surface area (Å²) in [6.07, 6.45) is 1.65. The Balaban J connectivity index is 0.00000169. The summed E-state index contributed by atoms with van der Waals surface area (Å²) in [7, 11) is 1.35. The fourth-order valence-electron chi connectivity index (χ4n) is 0.829. The molecule has 0 fully saturated rings. The predicted molar refractivity (Wildman–Crippen MR) is 57.7 cm³/mol. The van der Waals surface area contributed by atoms with Crippen LogP contribution in [0.3, 0.4) is 0 Å². The maximum absolute atomic E-state index is 10.7. The fourth-order valence-corrected chi connectivity index (χ4v) is 0.829. The van der Waals surface area contributed by atoms with E-state index in [9.17, 15) is 4.79 Å². The molecule has 0 N–H and O–H groups in total. The van der Waals surface area contributed by atoms with Gasteiger partial charge in [0.25, 0.3) is 0 Å². The van der Waals surface area contributed by atoms with Crippen LogP contribution in [0.1, 0.15) is 13.0 Å². The molecule has 0 aromatic heterocycles. The lowest BCUT2D eigenvalue weighted by molar-refractivity contribution is -0.138. The Morgan fingerprint density at radius 2 is 2.07 bits per heavy atom. The molecule has 14 heavy (non-hydrogen) atoms. The highest BCUT2D eigenvalue weighted by molar-refractivity contribution is 5.82. The van der Waals surface area contributed by atoms with Crippen molar-refractivity contribution in [3.05, 3.63) is 35.9 Å². The normalized spacial score (nSPS) is 9.50. The number of carbonyl (C=O) groups excluding carboxylic acids is 1. The number of rotatable bonds is 3. The van der Waals surface area contributed by atoms with Gasteiger partial charge in [0, 0.05) is 6.21 Å². The van der Waals surface area contributed by atoms with Crippen molar-refractivity contribution in [3.63, 3.8) is 0 Å². The molecule has 0 aliphatic carbocycles. The maximum Gasteiger partial charge on any atom is 0.327 e. The number of ether oxygens (including phenoxy) is 1. The molecule has 0 spiro atoms. The standard InChI is InChI=1S/C10H11NO2.CH4/c1-13-10(12)8-11-7-9-5-3-2-4-6-9;/h2-7H,8H2,1H3;1H4. The van der Waals surface area contributed by atoms with E-state index < -0.39 is 0 Å². The summed E-state index contributed by atoms with van der Waals surface area (Å²) in [6.45, 7) is 0.0748. The molecule has 3 nitrogen and oxygen atoms in total. The smallest absolute Gasteiger partial charge is 0.327 e. The molecule has 0 radical (unpaired) electrons. The van der Waals surface area contributed by atoms with Crippen LogP contribution in [0, 0.1) is 0 Å². The van der Waals surface area contributed by atoms with Gasteiger partial charge in [-0.05, 0) is 5.56 Å². The van der Waals surface area contributed by atoms with Crippen molar-refractivity contribution in [2.24, 2.45) is 4.99 Å². The quantitative estimate of drug-likeness (QED) is 0.543. The molecule has 0 heterocycles. The molecule has 0 atom stereocenters. The van der Waals surface area contributed by atoms with Gasteiger partial charge in [0.15, 0.2) is 0 Å². The van der Waals surface area contributed by atoms with Crippen LogP contribution in [0.15, 0.2) is 35.3 Å². The number of aliphatic imine (C=N–C) groups is 1. The average molecular weight is 193 g/mol. The van der Waals surface area contributed by atoms with E-state index in [-0.39, 0.29) is 19.9 Å². The molecule has 0 aliphatic rings. The number of methoxy groups -OCH3 is 1. The lowest BCUT2D eigenvalue weighted by Gasteiger charge is -1.92. The third kappa shape index (κ3) is 4.40. The summed E-state index contributed by atoms with van der Waals surface area (Å²) in [5.41, 5.74) is 0.978. The number of esters is 1. The van der Waals surface area contributed by atoms with Crippen molar-refractivity contribution in [1.29, 1.82) is 0 Å². The van der Waals surface area contributed by atoms with Crippen molar-refractivity contribution in [2.75, 3.05) is 13.7 Å². The number of hydrogen-bond donors (Lipinski definition) is 0. The minimum atomic E-state index is -0.327. The third-order valence-electron chi connectivity index (χ3n) is 1.49. The molecule has 0 unspecified atom stereocenters. The van der Waals surface area contributed by atoms with Gasteiger partial charge in [-0.1, -0.05) is 37.8 Å². The summed E-state index contributed by atoms with van der Waals surface area (Å²) < 4.78 is 4.44. The first-order valence-electron chi connectivity index (χ1n) is 3.94. The van der Waals surface area contributed by atoms with Gasteiger partial charge in [0.2, 0.25) is 0 Å². The molecule has 1 aromatic rings. The summed E-state index contributed by atoms with van der Waals surface area (Å²) in [5.74, 6) is -0.327. The summed E-state index contributed by atoms with van der Waals surface area (Å²) in [4.78, 5) is 14.6. The van der Waals surface area contributed by atoms with Crippen molar-refractivity contribution in [3.8, 4) is 0 Å². The van der Waals surface area contributed by atoms with Crippen LogP contribution in [0.25, 0.3) is 0 Å². The molecule has 0 amide bonds. The second kappa shape index (κ2) is 6.83. The highest BCUT2D eigenvalue weighted by Crippen LogP contribution is 1.93. The first kappa shape index (κ1) is 12.4. The van der Waals surface area contributed by atoms with Crippen molar-refractivity contribution >= 4 is 12.2 Å². The topological polar surface area (TPSA) is 38.7 Å². The zero-order valence-electron chi connectivity index (χ0n) is 7.43. The highest BCUT2D eigenvalue weighted by Gasteiger charge is 1.94. The molecule has 3 heteroatoms. The molecule has 0 aliphatic heterocycles. The van der Waals surface area contributed by atoms with Crippen LogP contribution in [0.4, 0.5) is 0 Å². The Hall–Kier alpha value is -1.64. The van der Waals surface area contributed by atoms with Gasteiger partial charge in [0.1, 0.15) is 6.54 Å². The molecule has 1 aromatic carbocycles. The lowest BCUT2D eigenvalue weighted by Crippen LogP contribution is -2.04. The first-order chi connectivity index (χ1) is 6.33. The van der Waals surface area contributed by atoms with E-state index in [1.165, 1.54) is 7.11 Å². The molecule has 76 valence electrons. The van der Waals surface area contributed by atoms with E-state index in [2.05, 4.69) is 9.73 Å². The summed E-state index contributed by atoms with van der Waals surface area (Å²) in [6, 6.07) is 9.60. The van der Waals surface area contributed by atoms with Crippen molar-refractivity contribution in [1.82, 2.24) is 0 Å². The Kier molecular flexibility index (Phi) is 6.03. The van der Waals surface area contributed by atoms with Gasteiger partial charge >= 0.3 is 5.97 Å². The zero-order chi connectivity index (χ0) is 9.52. The fraction of sp³-hybridized carbons (Fsp3) is 0.273. The number of nitrogens with zero attached hydrogens (tertiary/aromatic N) is 1. The Morgan fingerprint density at radius 3 is 2.64 bits per heavy atom. The molecular weight excluding hydrogens is 178 g/mol. The van der Waals surface area contributed by atoms with Gasteiger partial charge < -0.3 is 4.74 Å². The van der Waals surface area contributed by atoms with Gasteiger partial charge in [-0.15, -0.1) is 0 Å². The largest absolute Gasteiger partial charge is 0.468 e. The van der Waals surface area contributed by atoms with E-state index in [1.54, 1.807) is 6.21 Å². The molecule has 0 saturated heterocycles. The van der Waals surface area contributed by atoms with Crippen molar-refractivity contribution < 1.29 is 9.53 Å². The minimum absolute atomic E-state index is 0. The summed E-state index contributed by atoms with van der Waals surface area (Å²) in [5, 5.41) is 0. The monoisotopic (exact) mass is 193 g/mol. The number of carbonyl (C=O) groups is 1. The van der Waals surface area contributed by atoms with Crippen LogP contribution in [0.2, 0.25) is 0 Å². The zero-order valence-corrected chi connectivity index (χ0v) is 7.43. The highest BCUT2D eigenvalue weighted by atomic mass is 16.5. The van der Waals surface area contributed by atoms with E-state index in [0.717, 1.165) is 5.56 Å². The summed E-state index contributed by atoms with van der Waals surface area (Å²) >= 11 is 0. The van der Waals surface area contributed by atoms with Gasteiger partial charge in [-0.3, -0.25) is 9.79 Å². The van der Waals surface area contributed by atoms with Crippen molar-refractivity contribution in [2.45, 2.75) is 7.43 Å². The van der Waals surface area contributed by atoms with Crippen LogP contribution in [0.5, 0.6) is 0 Å². The van der Waals surface area contributed by atoms with Crippen LogP contribution >= 0.6 is 0 Å². The Morgan fingerprint density at radius 1 is 1.43 bits per heavy atom. The van der Waals surface area contributed by atoms with E-state index in [1.807, 2.05) is 30.3 Å².